The summed E-state index contributed by atoms with van der Waals surface area (Å²) >= 11 is 2.13. The van der Waals surface area contributed by atoms with Crippen LogP contribution in [-0.2, 0) is 14.4 Å². The van der Waals surface area contributed by atoms with Crippen LogP contribution >= 0.6 is 23.1 Å². The molecule has 4 aromatic rings. The standard InChI is InChI=1S/C29H22N4O8S2/c1-40-19-12-4-16(5-13-19)30-21(34)14-41-20-10-2-15(3-11-20)22-23-25(42-26-24(22)43-29(37)31-26)28(36)32(27(23)35)17-6-8-18(9-7-17)33(38)39/h2-13,22-23,25H,14H2,1H3,(H,30,34)(H,31,37)/t22-,23-,25+/m0/s1. The van der Waals surface area contributed by atoms with E-state index in [2.05, 4.69) is 10.3 Å². The van der Waals surface area contributed by atoms with Gasteiger partial charge < -0.3 is 19.8 Å². The van der Waals surface area contributed by atoms with Gasteiger partial charge in [0.2, 0.25) is 11.8 Å². The van der Waals surface area contributed by atoms with E-state index in [1.807, 2.05) is 0 Å². The Morgan fingerprint density at radius 1 is 0.977 bits per heavy atom. The summed E-state index contributed by atoms with van der Waals surface area (Å²) in [6.45, 7) is -0.239. The third-order valence-electron chi connectivity index (χ3n) is 7.13. The van der Waals surface area contributed by atoms with E-state index in [1.165, 1.54) is 24.3 Å². The number of non-ortho nitro benzene ring substituents is 1. The molecule has 0 spiro atoms. The summed E-state index contributed by atoms with van der Waals surface area (Å²) in [6, 6.07) is 18.9. The van der Waals surface area contributed by atoms with E-state index >= 15 is 0 Å². The van der Waals surface area contributed by atoms with Gasteiger partial charge in [0.25, 0.3) is 11.6 Å². The fourth-order valence-corrected chi connectivity index (χ4v) is 7.66. The van der Waals surface area contributed by atoms with E-state index in [4.69, 9.17) is 9.47 Å². The van der Waals surface area contributed by atoms with Crippen LogP contribution in [0.5, 0.6) is 11.5 Å². The molecule has 2 N–H and O–H groups in total. The molecule has 2 aliphatic heterocycles. The third kappa shape index (κ3) is 5.37. The van der Waals surface area contributed by atoms with E-state index in [0.29, 0.717) is 32.7 Å². The lowest BCUT2D eigenvalue weighted by Crippen LogP contribution is -2.32. The number of aromatic nitrogens is 1. The highest BCUT2D eigenvalue weighted by molar-refractivity contribution is 8.00. The number of rotatable bonds is 8. The molecule has 12 nitrogen and oxygen atoms in total. The molecule has 14 heteroatoms. The Morgan fingerprint density at radius 2 is 1.65 bits per heavy atom. The van der Waals surface area contributed by atoms with Gasteiger partial charge >= 0.3 is 4.87 Å². The molecular formula is C29H22N4O8S2. The average molecular weight is 619 g/mol. The predicted molar refractivity (Wildman–Crippen MR) is 159 cm³/mol. The molecule has 3 aromatic carbocycles. The molecule has 218 valence electrons. The van der Waals surface area contributed by atoms with Gasteiger partial charge in [0.15, 0.2) is 6.61 Å². The Kier molecular flexibility index (Phi) is 7.46. The van der Waals surface area contributed by atoms with Gasteiger partial charge in [-0.3, -0.25) is 29.3 Å². The van der Waals surface area contributed by atoms with E-state index in [-0.39, 0.29) is 28.8 Å². The third-order valence-corrected chi connectivity index (χ3v) is 9.53. The number of nitrogens with one attached hydrogen (secondary N) is 2. The van der Waals surface area contributed by atoms with Gasteiger partial charge in [0.05, 0.1) is 28.7 Å². The zero-order valence-corrected chi connectivity index (χ0v) is 24.0. The molecule has 6 rings (SSSR count). The van der Waals surface area contributed by atoms with E-state index < -0.39 is 33.8 Å². The number of fused-ring (bicyclic) bond motifs is 2. The molecule has 43 heavy (non-hydrogen) atoms. The maximum absolute atomic E-state index is 13.8. The minimum atomic E-state index is -0.811. The Labute approximate surface area is 251 Å². The quantitative estimate of drug-likeness (QED) is 0.168. The molecule has 0 bridgehead atoms. The van der Waals surface area contributed by atoms with E-state index in [9.17, 15) is 29.3 Å². The number of carbonyl (C=O) groups is 3. The van der Waals surface area contributed by atoms with Gasteiger partial charge in [0, 0.05) is 28.6 Å². The predicted octanol–water partition coefficient (Wildman–Crippen LogP) is 4.17. The topological polar surface area (TPSA) is 161 Å². The number of nitro groups is 1. The highest BCUT2D eigenvalue weighted by Gasteiger charge is 2.56. The van der Waals surface area contributed by atoms with Gasteiger partial charge in [0.1, 0.15) is 16.7 Å². The Bertz CT molecular complexity index is 1780. The maximum atomic E-state index is 13.8. The Balaban J connectivity index is 1.22. The number of nitrogens with zero attached hydrogens (tertiary/aromatic N) is 2. The Hall–Kier alpha value is -4.95. The van der Waals surface area contributed by atoms with Crippen LogP contribution in [0, 0.1) is 16.0 Å². The van der Waals surface area contributed by atoms with E-state index in [1.54, 1.807) is 55.6 Å². The first-order valence-corrected chi connectivity index (χ1v) is 14.6. The minimum absolute atomic E-state index is 0.159. The fraction of sp³-hybridized carbons (Fsp3) is 0.172. The van der Waals surface area contributed by atoms with Gasteiger partial charge in [-0.15, -0.1) is 0 Å². The molecule has 0 unspecified atom stereocenters. The Morgan fingerprint density at radius 3 is 2.30 bits per heavy atom. The summed E-state index contributed by atoms with van der Waals surface area (Å²) in [5, 5.41) is 13.5. The highest BCUT2D eigenvalue weighted by Crippen LogP contribution is 2.53. The van der Waals surface area contributed by atoms with Crippen molar-refractivity contribution in [2.45, 2.75) is 16.2 Å². The van der Waals surface area contributed by atoms with Crippen LogP contribution in [0.4, 0.5) is 17.1 Å². The van der Waals surface area contributed by atoms with Crippen LogP contribution < -0.4 is 24.6 Å². The zero-order valence-electron chi connectivity index (χ0n) is 22.3. The molecule has 2 aliphatic rings. The van der Waals surface area contributed by atoms with Crippen molar-refractivity contribution in [3.8, 4) is 11.5 Å². The number of anilines is 2. The lowest BCUT2D eigenvalue weighted by molar-refractivity contribution is -0.384. The van der Waals surface area contributed by atoms with Crippen molar-refractivity contribution in [2.75, 3.05) is 23.9 Å². The number of aromatic amines is 1. The summed E-state index contributed by atoms with van der Waals surface area (Å²) in [5.41, 5.74) is 1.36. The SMILES string of the molecule is COc1ccc(NC(=O)COc2ccc([C@@H]3c4sc(=O)[nH]c4S[C@H]4C(=O)N(c5ccc([N+](=O)[O-])cc5)C(=O)[C@@H]34)cc2)cc1. The molecule has 1 aromatic heterocycles. The first kappa shape index (κ1) is 28.2. The first-order valence-electron chi connectivity index (χ1n) is 12.9. The number of methoxy groups -OCH3 is 1. The summed E-state index contributed by atoms with van der Waals surface area (Å²) in [5.74, 6) is -1.60. The first-order chi connectivity index (χ1) is 20.7. The molecule has 0 saturated carbocycles. The van der Waals surface area contributed by atoms with Gasteiger partial charge in [-0.2, -0.15) is 0 Å². The number of thiazole rings is 1. The molecule has 0 radical (unpaired) electrons. The molecule has 3 amide bonds. The largest absolute Gasteiger partial charge is 0.497 e. The smallest absolute Gasteiger partial charge is 0.305 e. The number of H-pyrrole nitrogens is 1. The zero-order chi connectivity index (χ0) is 30.2. The second-order valence-corrected chi connectivity index (χ2v) is 11.8. The average Bonchev–Trinajstić information content (AvgIpc) is 3.50. The number of thioether (sulfide) groups is 1. The van der Waals surface area contributed by atoms with E-state index in [0.717, 1.165) is 28.0 Å². The van der Waals surface area contributed by atoms with Crippen molar-refractivity contribution in [1.29, 1.82) is 0 Å². The van der Waals surface area contributed by atoms with Crippen molar-refractivity contribution >= 4 is 57.9 Å². The van der Waals surface area contributed by atoms with Crippen molar-refractivity contribution in [2.24, 2.45) is 5.92 Å². The molecule has 3 heterocycles. The number of benzene rings is 3. The maximum Gasteiger partial charge on any atom is 0.305 e. The van der Waals surface area contributed by atoms with Crippen molar-refractivity contribution in [3.63, 3.8) is 0 Å². The number of imide groups is 1. The monoisotopic (exact) mass is 618 g/mol. The molecule has 0 aliphatic carbocycles. The number of nitro benzene ring substituents is 1. The second kappa shape index (κ2) is 11.4. The summed E-state index contributed by atoms with van der Waals surface area (Å²) in [6.07, 6.45) is 0. The molecule has 1 fully saturated rings. The van der Waals surface area contributed by atoms with Crippen LogP contribution in [0.3, 0.4) is 0 Å². The van der Waals surface area contributed by atoms with Crippen LogP contribution in [0.25, 0.3) is 0 Å². The fourth-order valence-electron chi connectivity index (χ4n) is 5.15. The number of amides is 3. The highest BCUT2D eigenvalue weighted by atomic mass is 32.2. The van der Waals surface area contributed by atoms with Crippen LogP contribution in [0.2, 0.25) is 0 Å². The summed E-state index contributed by atoms with van der Waals surface area (Å²) in [4.78, 5) is 66.7. The number of ether oxygens (including phenoxy) is 2. The van der Waals surface area contributed by atoms with Gasteiger partial charge in [-0.1, -0.05) is 35.2 Å². The summed E-state index contributed by atoms with van der Waals surface area (Å²) < 4.78 is 10.8. The number of hydrogen-bond donors (Lipinski definition) is 2. The van der Waals surface area contributed by atoms with Crippen molar-refractivity contribution < 1.29 is 28.8 Å². The van der Waals surface area contributed by atoms with Crippen molar-refractivity contribution in [1.82, 2.24) is 4.98 Å². The normalized spacial score (nSPS) is 19.0. The second-order valence-electron chi connectivity index (χ2n) is 9.67. The van der Waals surface area contributed by atoms with Crippen LogP contribution in [-0.4, -0.2) is 46.6 Å². The molecule has 3 atom stereocenters. The van der Waals surface area contributed by atoms with Crippen molar-refractivity contribution in [3.05, 3.63) is 103 Å². The number of hydrogen-bond acceptors (Lipinski definition) is 10. The lowest BCUT2D eigenvalue weighted by Gasteiger charge is -2.29. The van der Waals surface area contributed by atoms with Gasteiger partial charge in [-0.05, 0) is 54.1 Å². The minimum Gasteiger partial charge on any atom is -0.497 e. The molecule has 1 saturated heterocycles. The van der Waals surface area contributed by atoms with Crippen LogP contribution in [0.1, 0.15) is 16.4 Å². The van der Waals surface area contributed by atoms with Gasteiger partial charge in [-0.25, -0.2) is 4.90 Å². The lowest BCUT2D eigenvalue weighted by atomic mass is 9.83. The summed E-state index contributed by atoms with van der Waals surface area (Å²) in [7, 11) is 1.55. The molecular weight excluding hydrogens is 596 g/mol. The van der Waals surface area contributed by atoms with Crippen LogP contribution in [0.15, 0.2) is 82.6 Å². The number of carbonyl (C=O) groups excluding carboxylic acids is 3.